The molecule has 0 bridgehead atoms. The number of carbonyl (C=O) groups excluding carboxylic acids is 2. The molecule has 0 aromatic heterocycles. The number of nitrogens with zero attached hydrogens (tertiary/aromatic N) is 4. The van der Waals surface area contributed by atoms with E-state index in [4.69, 9.17) is 4.74 Å². The van der Waals surface area contributed by atoms with Gasteiger partial charge in [-0.25, -0.2) is 8.42 Å². The van der Waals surface area contributed by atoms with E-state index < -0.39 is 10.0 Å². The zero-order valence-corrected chi connectivity index (χ0v) is 18.8. The molecule has 0 atom stereocenters. The van der Waals surface area contributed by atoms with Crippen LogP contribution in [0.1, 0.15) is 18.4 Å². The van der Waals surface area contributed by atoms with Gasteiger partial charge >= 0.3 is 0 Å². The number of benzene rings is 1. The predicted octanol–water partition coefficient (Wildman–Crippen LogP) is 0.151. The fourth-order valence-electron chi connectivity index (χ4n) is 4.29. The molecule has 2 fully saturated rings. The third-order valence-corrected chi connectivity index (χ3v) is 8.16. The number of morpholine rings is 1. The number of carbonyl (C=O) groups is 2. The van der Waals surface area contributed by atoms with Crippen LogP contribution in [-0.2, 0) is 30.8 Å². The van der Waals surface area contributed by atoms with Gasteiger partial charge in [0.1, 0.15) is 0 Å². The molecule has 4 rings (SSSR count). The second kappa shape index (κ2) is 9.23. The maximum atomic E-state index is 13.0. The zero-order chi connectivity index (χ0) is 22.0. The highest BCUT2D eigenvalue weighted by Crippen LogP contribution is 2.32. The van der Waals surface area contributed by atoms with Gasteiger partial charge in [-0.2, -0.15) is 4.31 Å². The lowest BCUT2D eigenvalue weighted by molar-refractivity contribution is -0.136. The van der Waals surface area contributed by atoms with Crippen LogP contribution in [0, 0.1) is 0 Å². The minimum atomic E-state index is -3.54. The van der Waals surface area contributed by atoms with Gasteiger partial charge in [0.05, 0.1) is 18.1 Å². The molecule has 0 unspecified atom stereocenters. The number of anilines is 1. The Balaban J connectivity index is 1.40. The number of amides is 2. The highest BCUT2D eigenvalue weighted by molar-refractivity contribution is 7.89. The molecule has 10 heteroatoms. The van der Waals surface area contributed by atoms with E-state index in [9.17, 15) is 18.0 Å². The summed E-state index contributed by atoms with van der Waals surface area (Å²) in [7, 11) is -1.55. The highest BCUT2D eigenvalue weighted by Gasteiger charge is 2.31. The first kappa shape index (κ1) is 22.2. The monoisotopic (exact) mass is 450 g/mol. The van der Waals surface area contributed by atoms with Crippen LogP contribution in [0.4, 0.5) is 5.69 Å². The Hall–Kier alpha value is -2.01. The molecule has 3 aliphatic heterocycles. The summed E-state index contributed by atoms with van der Waals surface area (Å²) in [6, 6.07) is 5.03. The van der Waals surface area contributed by atoms with Crippen molar-refractivity contribution in [2.75, 3.05) is 71.0 Å². The summed E-state index contributed by atoms with van der Waals surface area (Å²) in [6.07, 6.45) is 0.947. The van der Waals surface area contributed by atoms with Gasteiger partial charge in [0.2, 0.25) is 21.8 Å². The lowest BCUT2D eigenvalue weighted by atomic mass is 10.2. The molecule has 1 aromatic rings. The van der Waals surface area contributed by atoms with Crippen LogP contribution in [-0.4, -0.2) is 100 Å². The van der Waals surface area contributed by atoms with E-state index in [0.29, 0.717) is 52.4 Å². The highest BCUT2D eigenvalue weighted by atomic mass is 32.2. The Kier molecular flexibility index (Phi) is 6.61. The number of piperazine rings is 1. The van der Waals surface area contributed by atoms with E-state index in [1.54, 1.807) is 28.0 Å². The number of fused-ring (bicyclic) bond motifs is 1. The first-order chi connectivity index (χ1) is 14.9. The number of sulfonamides is 1. The topological polar surface area (TPSA) is 90.5 Å². The van der Waals surface area contributed by atoms with Gasteiger partial charge in [-0.1, -0.05) is 0 Å². The number of hydrogen-bond donors (Lipinski definition) is 0. The minimum Gasteiger partial charge on any atom is -0.378 e. The first-order valence-corrected chi connectivity index (χ1v) is 12.3. The maximum Gasteiger partial charge on any atom is 0.243 e. The molecule has 2 amide bonds. The fourth-order valence-corrected chi connectivity index (χ4v) is 5.77. The summed E-state index contributed by atoms with van der Waals surface area (Å²) in [4.78, 5) is 30.9. The van der Waals surface area contributed by atoms with E-state index in [2.05, 4.69) is 4.90 Å². The van der Waals surface area contributed by atoms with Crippen LogP contribution in [0.2, 0.25) is 0 Å². The normalized spacial score (nSPS) is 20.7. The predicted molar refractivity (Wildman–Crippen MR) is 115 cm³/mol. The van der Waals surface area contributed by atoms with Crippen molar-refractivity contribution in [1.29, 1.82) is 0 Å². The summed E-state index contributed by atoms with van der Waals surface area (Å²) in [5.74, 6) is -0.125. The smallest absolute Gasteiger partial charge is 0.243 e. The van der Waals surface area contributed by atoms with E-state index in [1.165, 1.54) is 4.31 Å². The van der Waals surface area contributed by atoms with Crippen molar-refractivity contribution in [2.24, 2.45) is 0 Å². The lowest BCUT2D eigenvalue weighted by Gasteiger charge is -2.31. The van der Waals surface area contributed by atoms with Crippen molar-refractivity contribution in [3.8, 4) is 0 Å². The van der Waals surface area contributed by atoms with Crippen LogP contribution >= 0.6 is 0 Å². The third kappa shape index (κ3) is 4.77. The van der Waals surface area contributed by atoms with E-state index >= 15 is 0 Å². The molecule has 0 aliphatic carbocycles. The Morgan fingerprint density at radius 2 is 1.61 bits per heavy atom. The largest absolute Gasteiger partial charge is 0.378 e. The Bertz CT molecular complexity index is 937. The van der Waals surface area contributed by atoms with E-state index in [0.717, 1.165) is 24.3 Å². The van der Waals surface area contributed by atoms with Crippen molar-refractivity contribution in [3.63, 3.8) is 0 Å². The Morgan fingerprint density at radius 3 is 2.32 bits per heavy atom. The second-order valence-electron chi connectivity index (χ2n) is 8.29. The average Bonchev–Trinajstić information content (AvgIpc) is 3.21. The Labute approximate surface area is 183 Å². The van der Waals surface area contributed by atoms with Crippen molar-refractivity contribution in [1.82, 2.24) is 14.1 Å². The fraction of sp³-hybridized carbons (Fsp3) is 0.619. The minimum absolute atomic E-state index is 0.0234. The number of rotatable bonds is 5. The van der Waals surface area contributed by atoms with Gasteiger partial charge in [-0.05, 0) is 37.2 Å². The van der Waals surface area contributed by atoms with Gasteiger partial charge in [-0.15, -0.1) is 0 Å². The molecule has 3 heterocycles. The van der Waals surface area contributed by atoms with Gasteiger partial charge in [-0.3, -0.25) is 9.59 Å². The van der Waals surface area contributed by atoms with Gasteiger partial charge in [0.15, 0.2) is 0 Å². The molecule has 31 heavy (non-hydrogen) atoms. The van der Waals surface area contributed by atoms with Crippen LogP contribution in [0.5, 0.6) is 0 Å². The van der Waals surface area contributed by atoms with Crippen molar-refractivity contribution in [2.45, 2.75) is 24.2 Å². The van der Waals surface area contributed by atoms with Crippen LogP contribution < -0.4 is 4.90 Å². The van der Waals surface area contributed by atoms with Gasteiger partial charge < -0.3 is 19.4 Å². The van der Waals surface area contributed by atoms with E-state index in [1.807, 2.05) is 7.05 Å². The summed E-state index contributed by atoms with van der Waals surface area (Å²) < 4.78 is 32.8. The summed E-state index contributed by atoms with van der Waals surface area (Å²) in [6.45, 7) is 5.14. The van der Waals surface area contributed by atoms with Crippen LogP contribution in [0.3, 0.4) is 0 Å². The van der Waals surface area contributed by atoms with Crippen molar-refractivity contribution < 1.29 is 22.7 Å². The standard InChI is InChI=1S/C21H30N4O5S/c1-22-8-10-24(11-9-22)31(28,29)18-2-3-19-17(16-18)6-7-25(19)21(27)5-4-20(26)23-12-14-30-15-13-23/h2-3,16H,4-15H2,1H3. The lowest BCUT2D eigenvalue weighted by Crippen LogP contribution is -2.47. The first-order valence-electron chi connectivity index (χ1n) is 10.8. The molecule has 2 saturated heterocycles. The number of ether oxygens (including phenoxy) is 1. The van der Waals surface area contributed by atoms with Gasteiger partial charge in [0.25, 0.3) is 0 Å². The zero-order valence-electron chi connectivity index (χ0n) is 18.0. The molecule has 0 N–H and O–H groups in total. The summed E-state index contributed by atoms with van der Waals surface area (Å²) in [5.41, 5.74) is 1.62. The summed E-state index contributed by atoms with van der Waals surface area (Å²) in [5, 5.41) is 0. The van der Waals surface area contributed by atoms with E-state index in [-0.39, 0.29) is 29.6 Å². The molecule has 170 valence electrons. The van der Waals surface area contributed by atoms with Crippen LogP contribution in [0.15, 0.2) is 23.1 Å². The molecule has 0 saturated carbocycles. The van der Waals surface area contributed by atoms with Crippen molar-refractivity contribution in [3.05, 3.63) is 23.8 Å². The quantitative estimate of drug-likeness (QED) is 0.635. The molecular formula is C21H30N4O5S. The Morgan fingerprint density at radius 1 is 0.935 bits per heavy atom. The number of hydrogen-bond acceptors (Lipinski definition) is 6. The SMILES string of the molecule is CN1CCN(S(=O)(=O)c2ccc3c(c2)CCN3C(=O)CCC(=O)N2CCOCC2)CC1. The number of likely N-dealkylation sites (N-methyl/N-ethyl adjacent to an activating group) is 1. The average molecular weight is 451 g/mol. The summed E-state index contributed by atoms with van der Waals surface area (Å²) >= 11 is 0. The molecule has 3 aliphatic rings. The molecule has 1 aromatic carbocycles. The molecule has 9 nitrogen and oxygen atoms in total. The molecule has 0 spiro atoms. The third-order valence-electron chi connectivity index (χ3n) is 6.26. The molecular weight excluding hydrogens is 420 g/mol. The molecule has 0 radical (unpaired) electrons. The van der Waals surface area contributed by atoms with Crippen molar-refractivity contribution >= 4 is 27.5 Å². The van der Waals surface area contributed by atoms with Crippen LogP contribution in [0.25, 0.3) is 0 Å². The van der Waals surface area contributed by atoms with Gasteiger partial charge in [0, 0.05) is 64.3 Å². The maximum absolute atomic E-state index is 13.0. The second-order valence-corrected chi connectivity index (χ2v) is 10.2.